The van der Waals surface area contributed by atoms with Gasteiger partial charge in [0.1, 0.15) is 0 Å². The van der Waals surface area contributed by atoms with Gasteiger partial charge in [-0.05, 0) is 49.2 Å². The lowest BCUT2D eigenvalue weighted by atomic mass is 10.1. The molecule has 108 valence electrons. The molecule has 0 radical (unpaired) electrons. The Hall–Kier alpha value is -1.50. The van der Waals surface area contributed by atoms with Gasteiger partial charge in [-0.3, -0.25) is 0 Å². The maximum Gasteiger partial charge on any atom is 0.193 e. The van der Waals surface area contributed by atoms with Crippen LogP contribution in [0.5, 0.6) is 0 Å². The molecule has 0 aliphatic rings. The van der Waals surface area contributed by atoms with Crippen molar-refractivity contribution in [1.82, 2.24) is 4.57 Å². The molecule has 0 atom stereocenters. The molecule has 2 rings (SSSR count). The fourth-order valence-corrected chi connectivity index (χ4v) is 2.06. The molecule has 0 aliphatic heterocycles. The largest absolute Gasteiger partial charge is 0.370 e. The molecular weight excluding hydrogens is 363 g/mol. The molecule has 0 saturated heterocycles. The van der Waals surface area contributed by atoms with Crippen molar-refractivity contribution in [2.75, 3.05) is 5.32 Å². The zero-order valence-corrected chi connectivity index (χ0v) is 14.4. The van der Waals surface area contributed by atoms with Crippen LogP contribution >= 0.6 is 24.0 Å². The van der Waals surface area contributed by atoms with Gasteiger partial charge in [-0.15, -0.1) is 24.0 Å². The SMILES string of the molecule is Cc1cc(C)cc(NC(N)=NCc2cccn2C)c1.I. The van der Waals surface area contributed by atoms with Gasteiger partial charge in [0.2, 0.25) is 0 Å². The van der Waals surface area contributed by atoms with E-state index < -0.39 is 0 Å². The molecule has 0 aliphatic carbocycles. The van der Waals surface area contributed by atoms with Crippen LogP contribution in [0.15, 0.2) is 41.5 Å². The fraction of sp³-hybridized carbons (Fsp3) is 0.267. The predicted molar refractivity (Wildman–Crippen MR) is 95.7 cm³/mol. The van der Waals surface area contributed by atoms with E-state index in [0.29, 0.717) is 12.5 Å². The second-order valence-electron chi connectivity index (χ2n) is 4.81. The van der Waals surface area contributed by atoms with Crippen LogP contribution in [-0.4, -0.2) is 10.5 Å². The van der Waals surface area contributed by atoms with Crippen LogP contribution in [0.1, 0.15) is 16.8 Å². The van der Waals surface area contributed by atoms with E-state index in [1.54, 1.807) is 0 Å². The molecule has 1 aromatic carbocycles. The first-order valence-electron chi connectivity index (χ1n) is 6.30. The second-order valence-corrected chi connectivity index (χ2v) is 4.81. The van der Waals surface area contributed by atoms with Gasteiger partial charge in [0.15, 0.2) is 5.96 Å². The number of hydrogen-bond acceptors (Lipinski definition) is 1. The van der Waals surface area contributed by atoms with E-state index in [1.165, 1.54) is 11.1 Å². The first-order chi connectivity index (χ1) is 9.04. The van der Waals surface area contributed by atoms with E-state index in [-0.39, 0.29) is 24.0 Å². The number of nitrogens with two attached hydrogens (primary N) is 1. The summed E-state index contributed by atoms with van der Waals surface area (Å²) in [6, 6.07) is 10.3. The van der Waals surface area contributed by atoms with Crippen LogP contribution in [0.2, 0.25) is 0 Å². The Morgan fingerprint density at radius 1 is 1.25 bits per heavy atom. The van der Waals surface area contributed by atoms with Gasteiger partial charge in [0.05, 0.1) is 6.54 Å². The molecule has 1 heterocycles. The first-order valence-corrected chi connectivity index (χ1v) is 6.30. The number of nitrogens with zero attached hydrogens (tertiary/aromatic N) is 2. The normalized spacial score (nSPS) is 11.1. The summed E-state index contributed by atoms with van der Waals surface area (Å²) < 4.78 is 2.04. The molecule has 0 amide bonds. The smallest absolute Gasteiger partial charge is 0.193 e. The summed E-state index contributed by atoms with van der Waals surface area (Å²) in [7, 11) is 2.00. The molecule has 0 spiro atoms. The molecule has 0 bridgehead atoms. The van der Waals surface area contributed by atoms with Crippen LogP contribution < -0.4 is 11.1 Å². The van der Waals surface area contributed by atoms with Gasteiger partial charge >= 0.3 is 0 Å². The first kappa shape index (κ1) is 16.6. The molecule has 2 aromatic rings. The minimum absolute atomic E-state index is 0. The van der Waals surface area contributed by atoms with E-state index in [9.17, 15) is 0 Å². The Kier molecular flexibility index (Phi) is 6.06. The Labute approximate surface area is 137 Å². The number of guanidine groups is 1. The number of rotatable bonds is 3. The number of nitrogens with one attached hydrogen (secondary N) is 1. The van der Waals surface area contributed by atoms with Crippen molar-refractivity contribution in [2.24, 2.45) is 17.8 Å². The van der Waals surface area contributed by atoms with E-state index in [4.69, 9.17) is 5.73 Å². The zero-order valence-electron chi connectivity index (χ0n) is 12.1. The van der Waals surface area contributed by atoms with Crippen molar-refractivity contribution in [3.8, 4) is 0 Å². The van der Waals surface area contributed by atoms with Crippen LogP contribution in [0, 0.1) is 13.8 Å². The Morgan fingerprint density at radius 3 is 2.45 bits per heavy atom. The molecule has 5 heteroatoms. The van der Waals surface area contributed by atoms with Gasteiger partial charge in [0.25, 0.3) is 0 Å². The fourth-order valence-electron chi connectivity index (χ4n) is 2.06. The summed E-state index contributed by atoms with van der Waals surface area (Å²) in [5, 5.41) is 3.12. The number of aryl methyl sites for hydroxylation is 3. The van der Waals surface area contributed by atoms with Gasteiger partial charge in [0, 0.05) is 24.6 Å². The van der Waals surface area contributed by atoms with Gasteiger partial charge < -0.3 is 15.6 Å². The molecule has 0 unspecified atom stereocenters. The number of hydrogen-bond donors (Lipinski definition) is 2. The molecule has 1 aromatic heterocycles. The molecule has 0 fully saturated rings. The zero-order chi connectivity index (χ0) is 13.8. The van der Waals surface area contributed by atoms with Gasteiger partial charge in [-0.2, -0.15) is 0 Å². The highest BCUT2D eigenvalue weighted by molar-refractivity contribution is 14.0. The maximum atomic E-state index is 5.90. The summed E-state index contributed by atoms with van der Waals surface area (Å²) >= 11 is 0. The third-order valence-corrected chi connectivity index (χ3v) is 2.96. The predicted octanol–water partition coefficient (Wildman–Crippen LogP) is 3.19. The number of halogens is 1. The molecular formula is C15H21IN4. The van der Waals surface area contributed by atoms with Crippen molar-refractivity contribution >= 4 is 35.6 Å². The van der Waals surface area contributed by atoms with E-state index in [2.05, 4.69) is 42.4 Å². The highest BCUT2D eigenvalue weighted by Gasteiger charge is 1.99. The van der Waals surface area contributed by atoms with Crippen molar-refractivity contribution in [1.29, 1.82) is 0 Å². The lowest BCUT2D eigenvalue weighted by Gasteiger charge is -2.08. The van der Waals surface area contributed by atoms with Crippen LogP contribution in [0.3, 0.4) is 0 Å². The standard InChI is InChI=1S/C15H20N4.HI/c1-11-7-12(2)9-13(8-11)18-15(16)17-10-14-5-4-6-19(14)3;/h4-9H,10H2,1-3H3,(H3,16,17,18);1H. The summed E-state index contributed by atoms with van der Waals surface area (Å²) in [6.45, 7) is 4.71. The summed E-state index contributed by atoms with van der Waals surface area (Å²) in [5.41, 5.74) is 10.4. The number of aliphatic imine (C=N–C) groups is 1. The number of aromatic nitrogens is 1. The van der Waals surface area contributed by atoms with Gasteiger partial charge in [-0.25, -0.2) is 4.99 Å². The van der Waals surface area contributed by atoms with Crippen molar-refractivity contribution in [3.63, 3.8) is 0 Å². The van der Waals surface area contributed by atoms with Crippen LogP contribution in [-0.2, 0) is 13.6 Å². The Morgan fingerprint density at radius 2 is 1.90 bits per heavy atom. The van der Waals surface area contributed by atoms with Crippen LogP contribution in [0.25, 0.3) is 0 Å². The second kappa shape index (κ2) is 7.33. The molecule has 4 nitrogen and oxygen atoms in total. The van der Waals surface area contributed by atoms with E-state index >= 15 is 0 Å². The monoisotopic (exact) mass is 384 g/mol. The lowest BCUT2D eigenvalue weighted by molar-refractivity contribution is 0.824. The molecule has 20 heavy (non-hydrogen) atoms. The third kappa shape index (κ3) is 4.56. The minimum Gasteiger partial charge on any atom is -0.370 e. The average molecular weight is 384 g/mol. The van der Waals surface area contributed by atoms with Crippen molar-refractivity contribution in [3.05, 3.63) is 53.3 Å². The Balaban J connectivity index is 0.00000200. The summed E-state index contributed by atoms with van der Waals surface area (Å²) in [5.74, 6) is 0.436. The highest BCUT2D eigenvalue weighted by Crippen LogP contribution is 2.13. The average Bonchev–Trinajstić information content (AvgIpc) is 2.71. The minimum atomic E-state index is 0. The Bertz CT molecular complexity index is 581. The van der Waals surface area contributed by atoms with E-state index in [1.807, 2.05) is 29.9 Å². The van der Waals surface area contributed by atoms with Gasteiger partial charge in [-0.1, -0.05) is 6.07 Å². The van der Waals surface area contributed by atoms with Crippen molar-refractivity contribution in [2.45, 2.75) is 20.4 Å². The van der Waals surface area contributed by atoms with Crippen LogP contribution in [0.4, 0.5) is 5.69 Å². The van der Waals surface area contributed by atoms with E-state index in [0.717, 1.165) is 11.4 Å². The topological polar surface area (TPSA) is 55.3 Å². The molecule has 3 N–H and O–H groups in total. The summed E-state index contributed by atoms with van der Waals surface area (Å²) in [4.78, 5) is 4.34. The maximum absolute atomic E-state index is 5.90. The third-order valence-electron chi connectivity index (χ3n) is 2.96. The molecule has 0 saturated carbocycles. The van der Waals surface area contributed by atoms with Crippen molar-refractivity contribution < 1.29 is 0 Å². The number of benzene rings is 1. The summed E-state index contributed by atoms with van der Waals surface area (Å²) in [6.07, 6.45) is 2.00. The quantitative estimate of drug-likeness (QED) is 0.485. The lowest BCUT2D eigenvalue weighted by Crippen LogP contribution is -2.22. The highest BCUT2D eigenvalue weighted by atomic mass is 127. The number of anilines is 1.